The fourth-order valence-electron chi connectivity index (χ4n) is 1.65. The number of thiophene rings is 1. The highest BCUT2D eigenvalue weighted by molar-refractivity contribution is 7.13. The Morgan fingerprint density at radius 2 is 2.48 bits per heavy atom. The lowest BCUT2D eigenvalue weighted by Gasteiger charge is -2.04. The Bertz CT molecular complexity index is 551. The summed E-state index contributed by atoms with van der Waals surface area (Å²) in [5, 5.41) is 5.03. The Kier molecular flexibility index (Phi) is 6.23. The topological polar surface area (TPSA) is 85.7 Å². The highest BCUT2D eigenvalue weighted by atomic mass is 32.1. The summed E-state index contributed by atoms with van der Waals surface area (Å²) in [6.45, 7) is 4.59. The van der Waals surface area contributed by atoms with Crippen molar-refractivity contribution in [2.24, 2.45) is 10.7 Å². The normalized spacial score (nSPS) is 11.8. The smallest absolute Gasteiger partial charge is 0.236 e. The molecular weight excluding hydrogens is 288 g/mol. The predicted molar refractivity (Wildman–Crippen MR) is 84.3 cm³/mol. The molecule has 0 fully saturated rings. The highest BCUT2D eigenvalue weighted by Gasteiger charge is 2.06. The number of aliphatic imine (C=N–C) groups is 1. The van der Waals surface area contributed by atoms with Crippen molar-refractivity contribution in [3.05, 3.63) is 29.5 Å². The van der Waals surface area contributed by atoms with E-state index in [-0.39, 0.29) is 0 Å². The summed E-state index contributed by atoms with van der Waals surface area (Å²) in [4.78, 5) is 9.62. The van der Waals surface area contributed by atoms with Gasteiger partial charge in [-0.15, -0.1) is 11.3 Å². The van der Waals surface area contributed by atoms with Crippen LogP contribution in [0, 0.1) is 0 Å². The zero-order chi connectivity index (χ0) is 14.9. The van der Waals surface area contributed by atoms with Crippen molar-refractivity contribution >= 4 is 17.3 Å². The van der Waals surface area contributed by atoms with Gasteiger partial charge in [-0.25, -0.2) is 9.98 Å². The van der Waals surface area contributed by atoms with Gasteiger partial charge < -0.3 is 20.2 Å². The first-order chi connectivity index (χ1) is 10.3. The first kappa shape index (κ1) is 15.5. The van der Waals surface area contributed by atoms with E-state index < -0.39 is 0 Å². The molecule has 2 heterocycles. The first-order valence-electron chi connectivity index (χ1n) is 6.89. The van der Waals surface area contributed by atoms with Gasteiger partial charge in [-0.05, 0) is 24.8 Å². The molecule has 0 amide bonds. The summed E-state index contributed by atoms with van der Waals surface area (Å²) in [5.41, 5.74) is 6.54. The van der Waals surface area contributed by atoms with Crippen LogP contribution in [0.3, 0.4) is 0 Å². The number of nitrogens with two attached hydrogens (primary N) is 1. The molecule has 2 aromatic heterocycles. The number of hydrogen-bond acceptors (Lipinski definition) is 5. The van der Waals surface area contributed by atoms with Gasteiger partial charge in [-0.3, -0.25) is 0 Å². The molecule has 0 aromatic carbocycles. The molecule has 0 aliphatic rings. The van der Waals surface area contributed by atoms with Crippen LogP contribution in [-0.2, 0) is 11.3 Å². The number of rotatable bonds is 8. The van der Waals surface area contributed by atoms with Gasteiger partial charge in [-0.2, -0.15) is 0 Å². The van der Waals surface area contributed by atoms with Crippen LogP contribution in [0.25, 0.3) is 10.8 Å². The fraction of sp³-hybridized carbons (Fsp3) is 0.429. The van der Waals surface area contributed by atoms with Crippen LogP contribution in [0.2, 0.25) is 0 Å². The van der Waals surface area contributed by atoms with Crippen molar-refractivity contribution < 1.29 is 9.15 Å². The van der Waals surface area contributed by atoms with E-state index in [1.165, 1.54) is 0 Å². The van der Waals surface area contributed by atoms with E-state index in [9.17, 15) is 0 Å². The van der Waals surface area contributed by atoms with Gasteiger partial charge in [-0.1, -0.05) is 6.07 Å². The SMILES string of the molecule is CCOCCCNC(N)=NCc1coc(-c2cccs2)n1. The van der Waals surface area contributed by atoms with Crippen LogP contribution in [0.1, 0.15) is 19.0 Å². The molecule has 0 radical (unpaired) electrons. The largest absolute Gasteiger partial charge is 0.443 e. The molecule has 0 aliphatic heterocycles. The highest BCUT2D eigenvalue weighted by Crippen LogP contribution is 2.23. The lowest BCUT2D eigenvalue weighted by molar-refractivity contribution is 0.145. The van der Waals surface area contributed by atoms with E-state index in [0.717, 1.165) is 36.8 Å². The van der Waals surface area contributed by atoms with E-state index >= 15 is 0 Å². The summed E-state index contributed by atoms with van der Waals surface area (Å²) in [6, 6.07) is 3.93. The summed E-state index contributed by atoms with van der Waals surface area (Å²) in [6.07, 6.45) is 2.51. The molecule has 0 aliphatic carbocycles. The number of hydrogen-bond donors (Lipinski definition) is 2. The quantitative estimate of drug-likeness (QED) is 0.444. The molecule has 7 heteroatoms. The third-order valence-corrected chi connectivity index (χ3v) is 3.53. The maximum Gasteiger partial charge on any atom is 0.236 e. The van der Waals surface area contributed by atoms with Crippen LogP contribution in [0.4, 0.5) is 0 Å². The molecule has 0 saturated carbocycles. The molecule has 0 unspecified atom stereocenters. The Labute approximate surface area is 128 Å². The third kappa shape index (κ3) is 5.20. The molecule has 0 saturated heterocycles. The molecule has 114 valence electrons. The minimum absolute atomic E-state index is 0.402. The maximum atomic E-state index is 5.78. The second-order valence-corrected chi connectivity index (χ2v) is 5.25. The van der Waals surface area contributed by atoms with Crippen molar-refractivity contribution in [2.75, 3.05) is 19.8 Å². The number of nitrogens with zero attached hydrogens (tertiary/aromatic N) is 2. The Balaban J connectivity index is 1.75. The van der Waals surface area contributed by atoms with Crippen molar-refractivity contribution in [1.82, 2.24) is 10.3 Å². The molecule has 6 nitrogen and oxygen atoms in total. The van der Waals surface area contributed by atoms with Crippen molar-refractivity contribution in [2.45, 2.75) is 19.9 Å². The summed E-state index contributed by atoms with van der Waals surface area (Å²) < 4.78 is 10.7. The summed E-state index contributed by atoms with van der Waals surface area (Å²) >= 11 is 1.59. The van der Waals surface area contributed by atoms with Gasteiger partial charge in [0.2, 0.25) is 5.89 Å². The van der Waals surface area contributed by atoms with E-state index in [1.807, 2.05) is 24.4 Å². The number of ether oxygens (including phenoxy) is 1. The minimum Gasteiger partial charge on any atom is -0.443 e. The molecule has 0 atom stereocenters. The lowest BCUT2D eigenvalue weighted by Crippen LogP contribution is -2.32. The molecule has 3 N–H and O–H groups in total. The van der Waals surface area contributed by atoms with Gasteiger partial charge in [0.05, 0.1) is 11.4 Å². The maximum absolute atomic E-state index is 5.78. The van der Waals surface area contributed by atoms with Gasteiger partial charge >= 0.3 is 0 Å². The fourth-order valence-corrected chi connectivity index (χ4v) is 2.31. The van der Waals surface area contributed by atoms with Gasteiger partial charge in [0.15, 0.2) is 5.96 Å². The molecule has 21 heavy (non-hydrogen) atoms. The Morgan fingerprint density at radius 1 is 1.57 bits per heavy atom. The second kappa shape index (κ2) is 8.43. The van der Waals surface area contributed by atoms with E-state index in [1.54, 1.807) is 17.6 Å². The Hall–Kier alpha value is -1.86. The zero-order valence-electron chi connectivity index (χ0n) is 12.0. The standard InChI is InChI=1S/C14H20N4O2S/c1-2-19-7-4-6-16-14(15)17-9-11-10-20-13(18-11)12-5-3-8-21-12/h3,5,8,10H,2,4,6-7,9H2,1H3,(H3,15,16,17). The molecule has 0 bridgehead atoms. The van der Waals surface area contributed by atoms with Crippen LogP contribution < -0.4 is 11.1 Å². The molecule has 2 aromatic rings. The van der Waals surface area contributed by atoms with Crippen molar-refractivity contribution in [3.63, 3.8) is 0 Å². The second-order valence-electron chi connectivity index (χ2n) is 4.30. The van der Waals surface area contributed by atoms with E-state index in [0.29, 0.717) is 18.4 Å². The Morgan fingerprint density at radius 3 is 3.24 bits per heavy atom. The lowest BCUT2D eigenvalue weighted by atomic mass is 10.4. The summed E-state index contributed by atoms with van der Waals surface area (Å²) in [5.74, 6) is 1.03. The van der Waals surface area contributed by atoms with E-state index in [2.05, 4.69) is 15.3 Å². The molecule has 0 spiro atoms. The van der Waals surface area contributed by atoms with Gasteiger partial charge in [0.25, 0.3) is 0 Å². The third-order valence-electron chi connectivity index (χ3n) is 2.67. The predicted octanol–water partition coefficient (Wildman–Crippen LogP) is 2.23. The van der Waals surface area contributed by atoms with Crippen LogP contribution in [0.5, 0.6) is 0 Å². The number of oxazole rings is 1. The van der Waals surface area contributed by atoms with E-state index in [4.69, 9.17) is 14.9 Å². The van der Waals surface area contributed by atoms with Gasteiger partial charge in [0, 0.05) is 19.8 Å². The van der Waals surface area contributed by atoms with Crippen molar-refractivity contribution in [1.29, 1.82) is 0 Å². The van der Waals surface area contributed by atoms with Gasteiger partial charge in [0.1, 0.15) is 12.0 Å². The first-order valence-corrected chi connectivity index (χ1v) is 7.77. The number of guanidine groups is 1. The average Bonchev–Trinajstić information content (AvgIpc) is 3.15. The van der Waals surface area contributed by atoms with Crippen LogP contribution >= 0.6 is 11.3 Å². The molecule has 2 rings (SSSR count). The summed E-state index contributed by atoms with van der Waals surface area (Å²) in [7, 11) is 0. The zero-order valence-corrected chi connectivity index (χ0v) is 12.9. The molecular formula is C14H20N4O2S. The minimum atomic E-state index is 0.402. The van der Waals surface area contributed by atoms with Crippen molar-refractivity contribution in [3.8, 4) is 10.8 Å². The average molecular weight is 308 g/mol. The number of nitrogens with one attached hydrogen (secondary N) is 1. The monoisotopic (exact) mass is 308 g/mol. The number of aromatic nitrogens is 1. The van der Waals surface area contributed by atoms with Crippen LogP contribution in [-0.4, -0.2) is 30.7 Å². The van der Waals surface area contributed by atoms with Crippen LogP contribution in [0.15, 0.2) is 33.2 Å².